The average Bonchev–Trinajstić information content (AvgIpc) is 3.00. The predicted octanol–water partition coefficient (Wildman–Crippen LogP) is 3.06. The maximum absolute atomic E-state index is 12.9. The standard InChI is InChI=1S/C15H15FN4O2S.ClH/c1-9-4-3-5-11(8-9)23(21,22)15-13(10(2)20-16)18-12-6-7-17-14(12)19-15;/h3-8,10,20H,1-2H3,(H,17,19);1H. The molecule has 0 amide bonds. The Balaban J connectivity index is 0.00000208. The van der Waals surface area contributed by atoms with Gasteiger partial charge in [-0.05, 0) is 37.6 Å². The van der Waals surface area contributed by atoms with Crippen LogP contribution < -0.4 is 5.54 Å². The Labute approximate surface area is 144 Å². The van der Waals surface area contributed by atoms with Gasteiger partial charge < -0.3 is 4.98 Å². The van der Waals surface area contributed by atoms with Crippen molar-refractivity contribution in [3.63, 3.8) is 0 Å². The molecule has 2 heterocycles. The summed E-state index contributed by atoms with van der Waals surface area (Å²) in [7, 11) is -3.92. The number of nitrogens with zero attached hydrogens (tertiary/aromatic N) is 2. The van der Waals surface area contributed by atoms with Crippen LogP contribution in [0.2, 0.25) is 0 Å². The quantitative estimate of drug-likeness (QED) is 0.689. The molecule has 0 bridgehead atoms. The van der Waals surface area contributed by atoms with E-state index in [2.05, 4.69) is 15.0 Å². The first kappa shape index (κ1) is 18.3. The first-order chi connectivity index (χ1) is 10.9. The molecule has 1 unspecified atom stereocenters. The lowest BCUT2D eigenvalue weighted by Gasteiger charge is -2.13. The van der Waals surface area contributed by atoms with Crippen molar-refractivity contribution in [1.29, 1.82) is 0 Å². The van der Waals surface area contributed by atoms with E-state index in [1.54, 1.807) is 37.4 Å². The second kappa shape index (κ2) is 6.84. The predicted molar refractivity (Wildman–Crippen MR) is 90.4 cm³/mol. The number of hydrogen-bond donors (Lipinski definition) is 2. The molecule has 24 heavy (non-hydrogen) atoms. The fourth-order valence-corrected chi connectivity index (χ4v) is 3.83. The van der Waals surface area contributed by atoms with Crippen LogP contribution in [0.15, 0.2) is 46.5 Å². The molecule has 0 saturated carbocycles. The third kappa shape index (κ3) is 3.12. The van der Waals surface area contributed by atoms with Crippen molar-refractivity contribution >= 4 is 33.4 Å². The van der Waals surface area contributed by atoms with Crippen LogP contribution in [0, 0.1) is 6.92 Å². The number of fused-ring (bicyclic) bond motifs is 1. The van der Waals surface area contributed by atoms with Crippen molar-refractivity contribution in [2.24, 2.45) is 0 Å². The van der Waals surface area contributed by atoms with Gasteiger partial charge in [-0.15, -0.1) is 16.9 Å². The minimum Gasteiger partial charge on any atom is -0.345 e. The minimum atomic E-state index is -3.92. The van der Waals surface area contributed by atoms with E-state index in [0.29, 0.717) is 11.2 Å². The Bertz CT molecular complexity index is 975. The Morgan fingerprint density at radius 3 is 2.67 bits per heavy atom. The second-order valence-electron chi connectivity index (χ2n) is 5.28. The molecule has 0 fully saturated rings. The van der Waals surface area contributed by atoms with Gasteiger partial charge in [-0.2, -0.15) is 5.54 Å². The van der Waals surface area contributed by atoms with Gasteiger partial charge in [0.05, 0.1) is 16.6 Å². The summed E-state index contributed by atoms with van der Waals surface area (Å²) in [5, 5.41) is -0.254. The topological polar surface area (TPSA) is 87.7 Å². The van der Waals surface area contributed by atoms with Crippen molar-refractivity contribution in [2.45, 2.75) is 29.8 Å². The van der Waals surface area contributed by atoms with Crippen molar-refractivity contribution in [3.05, 3.63) is 47.8 Å². The molecule has 0 saturated heterocycles. The molecule has 3 rings (SSSR count). The summed E-state index contributed by atoms with van der Waals surface area (Å²) in [5.41, 5.74) is 3.20. The highest BCUT2D eigenvalue weighted by Crippen LogP contribution is 2.27. The fraction of sp³-hybridized carbons (Fsp3) is 0.200. The van der Waals surface area contributed by atoms with E-state index in [-0.39, 0.29) is 28.0 Å². The summed E-state index contributed by atoms with van der Waals surface area (Å²) in [4.78, 5) is 11.3. The number of hydrogen-bond acceptors (Lipinski definition) is 5. The van der Waals surface area contributed by atoms with Crippen LogP contribution in [0.4, 0.5) is 4.48 Å². The third-order valence-electron chi connectivity index (χ3n) is 3.51. The number of rotatable bonds is 4. The number of aromatic amines is 1. The van der Waals surface area contributed by atoms with Crippen LogP contribution in [0.25, 0.3) is 11.2 Å². The normalized spacial score (nSPS) is 12.8. The van der Waals surface area contributed by atoms with Gasteiger partial charge in [-0.3, -0.25) is 0 Å². The lowest BCUT2D eigenvalue weighted by Crippen LogP contribution is -2.17. The minimum absolute atomic E-state index is 0. The molecule has 128 valence electrons. The number of aryl methyl sites for hydroxylation is 1. The highest BCUT2D eigenvalue weighted by Gasteiger charge is 2.28. The Morgan fingerprint density at radius 1 is 1.25 bits per heavy atom. The number of nitrogens with one attached hydrogen (secondary N) is 2. The summed E-state index contributed by atoms with van der Waals surface area (Å²) < 4.78 is 38.8. The number of halogens is 2. The maximum atomic E-state index is 12.9. The van der Waals surface area contributed by atoms with Crippen LogP contribution in [-0.4, -0.2) is 23.4 Å². The zero-order chi connectivity index (χ0) is 16.6. The van der Waals surface area contributed by atoms with Gasteiger partial charge in [0.1, 0.15) is 5.52 Å². The first-order valence-electron chi connectivity index (χ1n) is 6.96. The van der Waals surface area contributed by atoms with Gasteiger partial charge >= 0.3 is 0 Å². The number of H-pyrrole nitrogens is 1. The molecule has 2 aromatic heterocycles. The molecule has 0 aliphatic rings. The molecule has 9 heteroatoms. The average molecular weight is 371 g/mol. The largest absolute Gasteiger partial charge is 0.345 e. The lowest BCUT2D eigenvalue weighted by molar-refractivity contribution is 0.279. The van der Waals surface area contributed by atoms with Gasteiger partial charge in [0.15, 0.2) is 10.7 Å². The Kier molecular flexibility index (Phi) is 5.22. The number of benzene rings is 1. The Hall–Kier alpha value is -2.03. The summed E-state index contributed by atoms with van der Waals surface area (Å²) in [6.07, 6.45) is 1.60. The maximum Gasteiger partial charge on any atom is 0.225 e. The zero-order valence-electron chi connectivity index (χ0n) is 12.9. The molecule has 3 aromatic rings. The third-order valence-corrected chi connectivity index (χ3v) is 5.19. The smallest absolute Gasteiger partial charge is 0.225 e. The molecule has 2 N–H and O–H groups in total. The van der Waals surface area contributed by atoms with E-state index in [0.717, 1.165) is 5.56 Å². The fourth-order valence-electron chi connectivity index (χ4n) is 2.29. The second-order valence-corrected chi connectivity index (χ2v) is 7.14. The molecule has 0 aliphatic heterocycles. The molecular formula is C15H16ClFN4O2S. The van der Waals surface area contributed by atoms with Gasteiger partial charge in [0.25, 0.3) is 0 Å². The monoisotopic (exact) mass is 370 g/mol. The van der Waals surface area contributed by atoms with Crippen LogP contribution in [0.1, 0.15) is 24.2 Å². The van der Waals surface area contributed by atoms with E-state index in [1.165, 1.54) is 18.5 Å². The molecule has 0 spiro atoms. The summed E-state index contributed by atoms with van der Waals surface area (Å²) in [5.74, 6) is 0. The van der Waals surface area contributed by atoms with Crippen molar-refractivity contribution < 1.29 is 12.9 Å². The molecule has 1 aromatic carbocycles. The van der Waals surface area contributed by atoms with Crippen molar-refractivity contribution in [2.75, 3.05) is 0 Å². The van der Waals surface area contributed by atoms with Gasteiger partial charge in [0, 0.05) is 6.20 Å². The van der Waals surface area contributed by atoms with E-state index in [9.17, 15) is 12.9 Å². The van der Waals surface area contributed by atoms with Crippen molar-refractivity contribution in [1.82, 2.24) is 20.5 Å². The van der Waals surface area contributed by atoms with E-state index in [1.807, 2.05) is 0 Å². The zero-order valence-corrected chi connectivity index (χ0v) is 14.6. The van der Waals surface area contributed by atoms with E-state index < -0.39 is 15.9 Å². The van der Waals surface area contributed by atoms with Crippen LogP contribution in [0.5, 0.6) is 0 Å². The number of aromatic nitrogens is 3. The van der Waals surface area contributed by atoms with Gasteiger partial charge in [-0.25, -0.2) is 18.4 Å². The lowest BCUT2D eigenvalue weighted by atomic mass is 10.2. The Morgan fingerprint density at radius 2 is 2.00 bits per heavy atom. The summed E-state index contributed by atoms with van der Waals surface area (Å²) in [6, 6.07) is 7.23. The van der Waals surface area contributed by atoms with Gasteiger partial charge in [0.2, 0.25) is 9.84 Å². The van der Waals surface area contributed by atoms with E-state index in [4.69, 9.17) is 0 Å². The molecule has 1 atom stereocenters. The van der Waals surface area contributed by atoms with Crippen LogP contribution >= 0.6 is 12.4 Å². The summed E-state index contributed by atoms with van der Waals surface area (Å²) >= 11 is 0. The summed E-state index contributed by atoms with van der Waals surface area (Å²) in [6.45, 7) is 3.28. The highest BCUT2D eigenvalue weighted by atomic mass is 35.5. The molecule has 6 nitrogen and oxygen atoms in total. The highest BCUT2D eigenvalue weighted by molar-refractivity contribution is 7.91. The van der Waals surface area contributed by atoms with Gasteiger partial charge in [-0.1, -0.05) is 12.1 Å². The van der Waals surface area contributed by atoms with Crippen molar-refractivity contribution in [3.8, 4) is 0 Å². The number of sulfone groups is 1. The molecule has 0 radical (unpaired) electrons. The van der Waals surface area contributed by atoms with E-state index >= 15 is 0 Å². The molecular weight excluding hydrogens is 355 g/mol. The SMILES string of the molecule is Cc1cccc(S(=O)(=O)c2nc3[nH]ccc3nc2C(C)NF)c1.Cl. The van der Waals surface area contributed by atoms with Crippen LogP contribution in [-0.2, 0) is 9.84 Å². The molecule has 0 aliphatic carbocycles. The van der Waals surface area contributed by atoms with Crippen LogP contribution in [0.3, 0.4) is 0 Å². The first-order valence-corrected chi connectivity index (χ1v) is 8.44.